The molecule has 8 heteroatoms. The molecule has 19 heavy (non-hydrogen) atoms. The van der Waals surface area contributed by atoms with Crippen LogP contribution in [0.15, 0.2) is 34.0 Å². The summed E-state index contributed by atoms with van der Waals surface area (Å²) in [7, 11) is 0. The van der Waals surface area contributed by atoms with Gasteiger partial charge in [-0.15, -0.1) is 0 Å². The maximum Gasteiger partial charge on any atom is 0.277 e. The van der Waals surface area contributed by atoms with Crippen LogP contribution in [0, 0.1) is 0 Å². The monoisotopic (exact) mass is 295 g/mol. The van der Waals surface area contributed by atoms with E-state index in [2.05, 4.69) is 20.6 Å². The van der Waals surface area contributed by atoms with Gasteiger partial charge < -0.3 is 16.4 Å². The molecule has 0 saturated carbocycles. The van der Waals surface area contributed by atoms with Gasteiger partial charge in [-0.05, 0) is 24.3 Å². The fourth-order valence-corrected chi connectivity index (χ4v) is 2.77. The van der Waals surface area contributed by atoms with E-state index in [1.54, 1.807) is 0 Å². The molecule has 0 spiro atoms. The fourth-order valence-electron chi connectivity index (χ4n) is 1.73. The molecule has 0 radical (unpaired) electrons. The van der Waals surface area contributed by atoms with Crippen LogP contribution in [0.3, 0.4) is 0 Å². The van der Waals surface area contributed by atoms with Crippen molar-refractivity contribution in [2.24, 2.45) is 0 Å². The molecule has 1 aliphatic rings. The Morgan fingerprint density at radius 2 is 2.00 bits per heavy atom. The highest BCUT2D eigenvalue weighted by Crippen LogP contribution is 2.32. The Morgan fingerprint density at radius 1 is 1.26 bits per heavy atom. The third-order valence-electron chi connectivity index (χ3n) is 2.55. The average molecular weight is 296 g/mol. The van der Waals surface area contributed by atoms with Gasteiger partial charge in [0.15, 0.2) is 11.3 Å². The standard InChI is InChI=1S/C11H10ClN5OS/c12-5-1-3-6(4-2-5)19-11-14-7-8(16-11)15-10(13)17-9(7)18/h1-4,11,14H,(H4,13,15,16,17,18). The van der Waals surface area contributed by atoms with E-state index in [0.29, 0.717) is 16.5 Å². The zero-order valence-corrected chi connectivity index (χ0v) is 11.2. The number of hydrogen-bond acceptors (Lipinski definition) is 6. The van der Waals surface area contributed by atoms with Gasteiger partial charge in [-0.1, -0.05) is 23.4 Å². The molecule has 2 heterocycles. The lowest BCUT2D eigenvalue weighted by Crippen LogP contribution is -2.19. The van der Waals surface area contributed by atoms with Crippen molar-refractivity contribution in [2.75, 3.05) is 16.4 Å². The second-order valence-corrected chi connectivity index (χ2v) is 5.53. The molecule has 2 aromatic rings. The largest absolute Gasteiger partial charge is 0.369 e. The summed E-state index contributed by atoms with van der Waals surface area (Å²) in [6, 6.07) is 7.45. The second kappa shape index (κ2) is 4.67. The van der Waals surface area contributed by atoms with Crippen LogP contribution < -0.4 is 21.9 Å². The lowest BCUT2D eigenvalue weighted by molar-refractivity contribution is 1.15. The number of nitrogens with two attached hydrogens (primary N) is 1. The summed E-state index contributed by atoms with van der Waals surface area (Å²) < 4.78 is 0. The second-order valence-electron chi connectivity index (χ2n) is 3.92. The molecule has 1 aromatic heterocycles. The van der Waals surface area contributed by atoms with Gasteiger partial charge in [0, 0.05) is 9.92 Å². The first-order valence-electron chi connectivity index (χ1n) is 5.47. The van der Waals surface area contributed by atoms with E-state index in [-0.39, 0.29) is 17.0 Å². The van der Waals surface area contributed by atoms with Gasteiger partial charge in [-0.3, -0.25) is 9.78 Å². The highest BCUT2D eigenvalue weighted by molar-refractivity contribution is 8.00. The van der Waals surface area contributed by atoms with Crippen LogP contribution in [0.25, 0.3) is 0 Å². The fraction of sp³-hybridized carbons (Fsp3) is 0.0909. The number of nitrogens with zero attached hydrogens (tertiary/aromatic N) is 1. The summed E-state index contributed by atoms with van der Waals surface area (Å²) in [5.41, 5.74) is 5.44. The van der Waals surface area contributed by atoms with E-state index in [9.17, 15) is 4.79 Å². The maximum atomic E-state index is 11.7. The van der Waals surface area contributed by atoms with Crippen molar-refractivity contribution in [1.82, 2.24) is 9.97 Å². The third kappa shape index (κ3) is 2.47. The first-order chi connectivity index (χ1) is 9.11. The van der Waals surface area contributed by atoms with Crippen molar-refractivity contribution in [2.45, 2.75) is 10.4 Å². The summed E-state index contributed by atoms with van der Waals surface area (Å²) in [4.78, 5) is 19.2. The van der Waals surface area contributed by atoms with Crippen LogP contribution in [0.2, 0.25) is 5.02 Å². The number of nitrogen functional groups attached to an aromatic ring is 1. The van der Waals surface area contributed by atoms with E-state index >= 15 is 0 Å². The minimum Gasteiger partial charge on any atom is -0.369 e. The minimum absolute atomic E-state index is 0.0928. The van der Waals surface area contributed by atoms with E-state index in [4.69, 9.17) is 17.3 Å². The van der Waals surface area contributed by atoms with Crippen LogP contribution in [-0.4, -0.2) is 15.5 Å². The van der Waals surface area contributed by atoms with Crippen molar-refractivity contribution in [1.29, 1.82) is 0 Å². The molecule has 1 aromatic carbocycles. The van der Waals surface area contributed by atoms with Gasteiger partial charge in [0.25, 0.3) is 5.56 Å². The molecule has 0 aliphatic carbocycles. The molecule has 1 atom stereocenters. The number of aromatic nitrogens is 2. The number of fused-ring (bicyclic) bond motifs is 1. The van der Waals surface area contributed by atoms with Gasteiger partial charge in [0.1, 0.15) is 5.69 Å². The van der Waals surface area contributed by atoms with Crippen LogP contribution in [-0.2, 0) is 0 Å². The normalized spacial score (nSPS) is 16.6. The quantitative estimate of drug-likeness (QED) is 0.676. The summed E-state index contributed by atoms with van der Waals surface area (Å²) in [6.45, 7) is 0. The Labute approximate surface area is 117 Å². The van der Waals surface area contributed by atoms with Crippen molar-refractivity contribution in [3.05, 3.63) is 39.6 Å². The minimum atomic E-state index is -0.283. The zero-order chi connectivity index (χ0) is 13.4. The number of rotatable bonds is 2. The van der Waals surface area contributed by atoms with Gasteiger partial charge in [-0.2, -0.15) is 4.98 Å². The van der Waals surface area contributed by atoms with Gasteiger partial charge in [0.2, 0.25) is 5.95 Å². The lowest BCUT2D eigenvalue weighted by atomic mass is 10.4. The number of thioether (sulfide) groups is 1. The summed E-state index contributed by atoms with van der Waals surface area (Å²) >= 11 is 7.35. The molecule has 1 aliphatic heterocycles. The molecule has 1 unspecified atom stereocenters. The predicted molar refractivity (Wildman–Crippen MR) is 77.6 cm³/mol. The Hall–Kier alpha value is -1.86. The van der Waals surface area contributed by atoms with E-state index in [1.807, 2.05) is 24.3 Å². The zero-order valence-electron chi connectivity index (χ0n) is 9.61. The van der Waals surface area contributed by atoms with Crippen molar-refractivity contribution in [3.63, 3.8) is 0 Å². The molecule has 0 amide bonds. The number of H-pyrrole nitrogens is 1. The van der Waals surface area contributed by atoms with E-state index < -0.39 is 0 Å². The molecule has 98 valence electrons. The number of anilines is 3. The van der Waals surface area contributed by atoms with Crippen LogP contribution in [0.5, 0.6) is 0 Å². The van der Waals surface area contributed by atoms with Crippen LogP contribution >= 0.6 is 23.4 Å². The summed E-state index contributed by atoms with van der Waals surface area (Å²) in [5.74, 6) is 0.558. The third-order valence-corrected chi connectivity index (χ3v) is 3.82. The number of nitrogens with one attached hydrogen (secondary N) is 3. The smallest absolute Gasteiger partial charge is 0.277 e. The maximum absolute atomic E-state index is 11.7. The molecule has 0 fully saturated rings. The van der Waals surface area contributed by atoms with E-state index in [1.165, 1.54) is 11.8 Å². The molecular weight excluding hydrogens is 286 g/mol. The SMILES string of the molecule is Nc1nc2c(c(=O)[nH]1)NC(Sc1ccc(Cl)cc1)N2. The van der Waals surface area contributed by atoms with Crippen LogP contribution in [0.1, 0.15) is 0 Å². The van der Waals surface area contributed by atoms with Crippen molar-refractivity contribution >= 4 is 40.8 Å². The summed E-state index contributed by atoms with van der Waals surface area (Å²) in [5, 5.41) is 6.82. The number of halogens is 1. The first kappa shape index (κ1) is 12.2. The van der Waals surface area contributed by atoms with Crippen molar-refractivity contribution < 1.29 is 0 Å². The Balaban J connectivity index is 1.79. The number of hydrogen-bond donors (Lipinski definition) is 4. The lowest BCUT2D eigenvalue weighted by Gasteiger charge is -2.10. The average Bonchev–Trinajstić information content (AvgIpc) is 2.75. The molecule has 0 bridgehead atoms. The number of benzene rings is 1. The molecule has 3 rings (SSSR count). The van der Waals surface area contributed by atoms with Gasteiger partial charge >= 0.3 is 0 Å². The molecule has 0 saturated heterocycles. The van der Waals surface area contributed by atoms with E-state index in [0.717, 1.165) is 4.90 Å². The van der Waals surface area contributed by atoms with Crippen molar-refractivity contribution in [3.8, 4) is 0 Å². The molecule has 5 N–H and O–H groups in total. The molecule has 6 nitrogen and oxygen atoms in total. The highest BCUT2D eigenvalue weighted by atomic mass is 35.5. The Kier molecular flexibility index (Phi) is 3.00. The Bertz CT molecular complexity index is 672. The topological polar surface area (TPSA) is 95.8 Å². The number of aromatic amines is 1. The van der Waals surface area contributed by atoms with Crippen LogP contribution in [0.4, 0.5) is 17.5 Å². The highest BCUT2D eigenvalue weighted by Gasteiger charge is 2.24. The molecular formula is C11H10ClN5OS. The first-order valence-corrected chi connectivity index (χ1v) is 6.73. The Morgan fingerprint density at radius 3 is 2.74 bits per heavy atom. The predicted octanol–water partition coefficient (Wildman–Crippen LogP) is 1.92. The summed E-state index contributed by atoms with van der Waals surface area (Å²) in [6.07, 6.45) is 0. The van der Waals surface area contributed by atoms with Gasteiger partial charge in [-0.25, -0.2) is 0 Å². The van der Waals surface area contributed by atoms with Gasteiger partial charge in [0.05, 0.1) is 0 Å².